The first-order valence-electron chi connectivity index (χ1n) is 10.5. The molecule has 0 aliphatic rings. The summed E-state index contributed by atoms with van der Waals surface area (Å²) in [7, 11) is 0. The highest BCUT2D eigenvalue weighted by molar-refractivity contribution is 6.32. The molecule has 4 aromatic rings. The van der Waals surface area contributed by atoms with Crippen LogP contribution < -0.4 is 10.1 Å². The van der Waals surface area contributed by atoms with E-state index in [4.69, 9.17) is 16.3 Å². The Labute approximate surface area is 207 Å². The Hall–Kier alpha value is -3.92. The zero-order chi connectivity index (χ0) is 26.0. The molecule has 5 nitrogen and oxygen atoms in total. The molecule has 3 aromatic carbocycles. The first-order valence-corrected chi connectivity index (χ1v) is 10.8. The van der Waals surface area contributed by atoms with Gasteiger partial charge in [-0.2, -0.15) is 5.10 Å². The van der Waals surface area contributed by atoms with Crippen molar-refractivity contribution in [3.63, 3.8) is 0 Å². The van der Waals surface area contributed by atoms with Crippen LogP contribution in [-0.2, 0) is 13.2 Å². The Morgan fingerprint density at radius 1 is 0.972 bits per heavy atom. The second kappa shape index (κ2) is 10.4. The van der Waals surface area contributed by atoms with Gasteiger partial charge in [0.15, 0.2) is 29.1 Å². The molecule has 11 heteroatoms. The van der Waals surface area contributed by atoms with Crippen LogP contribution in [0.1, 0.15) is 27.0 Å². The van der Waals surface area contributed by atoms with Gasteiger partial charge in [-0.15, -0.1) is 0 Å². The van der Waals surface area contributed by atoms with Gasteiger partial charge in [0.1, 0.15) is 12.4 Å². The van der Waals surface area contributed by atoms with E-state index in [0.717, 1.165) is 10.2 Å². The molecule has 4 rings (SSSR count). The number of amides is 1. The molecule has 1 N–H and O–H groups in total. The third kappa shape index (κ3) is 5.33. The zero-order valence-electron chi connectivity index (χ0n) is 18.6. The van der Waals surface area contributed by atoms with Gasteiger partial charge in [-0.1, -0.05) is 29.8 Å². The van der Waals surface area contributed by atoms with E-state index in [-0.39, 0.29) is 18.0 Å². The molecular weight excluding hydrogens is 505 g/mol. The number of aromatic nitrogens is 2. The van der Waals surface area contributed by atoms with Gasteiger partial charge in [0.05, 0.1) is 17.1 Å². The standard InChI is InChI=1S/C25H17ClF5N3O2/c1-13-5-6-17(26)18(9-13)36-12-14-3-2-4-15(10-14)25(35)32-19-7-8-34(33-19)11-16-20(27)22(29)24(31)23(30)21(16)28/h2-10H,11-12H2,1H3,(H,32,33,35). The highest BCUT2D eigenvalue weighted by Crippen LogP contribution is 2.26. The molecule has 0 radical (unpaired) electrons. The third-order valence-electron chi connectivity index (χ3n) is 5.17. The Kier molecular flexibility index (Phi) is 7.25. The second-order valence-corrected chi connectivity index (χ2v) is 8.23. The fourth-order valence-corrected chi connectivity index (χ4v) is 3.51. The van der Waals surface area contributed by atoms with E-state index in [1.54, 1.807) is 36.4 Å². The summed E-state index contributed by atoms with van der Waals surface area (Å²) in [6.07, 6.45) is 1.23. The zero-order valence-corrected chi connectivity index (χ0v) is 19.3. The number of aryl methyl sites for hydroxylation is 1. The van der Waals surface area contributed by atoms with E-state index in [0.29, 0.717) is 16.3 Å². The van der Waals surface area contributed by atoms with E-state index < -0.39 is 47.1 Å². The first-order chi connectivity index (χ1) is 17.1. The Balaban J connectivity index is 1.44. The number of carbonyl (C=O) groups excluding carboxylic acids is 1. The average molecular weight is 522 g/mol. The van der Waals surface area contributed by atoms with Gasteiger partial charge in [-0.3, -0.25) is 9.48 Å². The molecule has 0 unspecified atom stereocenters. The summed E-state index contributed by atoms with van der Waals surface area (Å²) in [6, 6.07) is 13.3. The lowest BCUT2D eigenvalue weighted by atomic mass is 10.1. The minimum atomic E-state index is -2.24. The number of anilines is 1. The van der Waals surface area contributed by atoms with Crippen molar-refractivity contribution in [2.24, 2.45) is 0 Å². The maximum Gasteiger partial charge on any atom is 0.256 e. The molecule has 186 valence electrons. The Morgan fingerprint density at radius 2 is 1.67 bits per heavy atom. The van der Waals surface area contributed by atoms with Gasteiger partial charge in [0.25, 0.3) is 5.91 Å². The van der Waals surface area contributed by atoms with Crippen LogP contribution in [0.25, 0.3) is 0 Å². The van der Waals surface area contributed by atoms with Crippen LogP contribution in [0.5, 0.6) is 5.75 Å². The molecule has 0 aliphatic heterocycles. The smallest absolute Gasteiger partial charge is 0.256 e. The van der Waals surface area contributed by atoms with Gasteiger partial charge in [-0.05, 0) is 42.3 Å². The van der Waals surface area contributed by atoms with Crippen molar-refractivity contribution < 1.29 is 31.5 Å². The number of hydrogen-bond donors (Lipinski definition) is 1. The number of benzene rings is 3. The van der Waals surface area contributed by atoms with E-state index in [2.05, 4.69) is 10.4 Å². The van der Waals surface area contributed by atoms with Crippen LogP contribution in [0.3, 0.4) is 0 Å². The van der Waals surface area contributed by atoms with E-state index in [9.17, 15) is 26.7 Å². The molecule has 0 atom stereocenters. The largest absolute Gasteiger partial charge is 0.487 e. The number of halogens is 6. The topological polar surface area (TPSA) is 56.1 Å². The SMILES string of the molecule is Cc1ccc(Cl)c(OCc2cccc(C(=O)Nc3ccn(Cc4c(F)c(F)c(F)c(F)c4F)n3)c2)c1. The molecule has 0 bridgehead atoms. The molecule has 0 spiro atoms. The van der Waals surface area contributed by atoms with Gasteiger partial charge >= 0.3 is 0 Å². The highest BCUT2D eigenvalue weighted by atomic mass is 35.5. The Morgan fingerprint density at radius 3 is 2.39 bits per heavy atom. The lowest BCUT2D eigenvalue weighted by Crippen LogP contribution is -2.14. The summed E-state index contributed by atoms with van der Waals surface area (Å²) in [5.41, 5.74) is 0.897. The molecule has 1 heterocycles. The van der Waals surface area contributed by atoms with Crippen LogP contribution in [0.4, 0.5) is 27.8 Å². The lowest BCUT2D eigenvalue weighted by Gasteiger charge is -2.10. The Bertz CT molecular complexity index is 1430. The van der Waals surface area contributed by atoms with Crippen LogP contribution in [0.15, 0.2) is 54.7 Å². The molecule has 36 heavy (non-hydrogen) atoms. The van der Waals surface area contributed by atoms with Crippen molar-refractivity contribution in [2.45, 2.75) is 20.1 Å². The number of hydrogen-bond acceptors (Lipinski definition) is 3. The quantitative estimate of drug-likeness (QED) is 0.173. The van der Waals surface area contributed by atoms with E-state index >= 15 is 0 Å². The molecular formula is C25H17ClF5N3O2. The summed E-state index contributed by atoms with van der Waals surface area (Å²) in [4.78, 5) is 12.7. The fraction of sp³-hybridized carbons (Fsp3) is 0.120. The molecule has 0 aliphatic carbocycles. The lowest BCUT2D eigenvalue weighted by molar-refractivity contribution is 0.102. The van der Waals surface area contributed by atoms with Crippen molar-refractivity contribution in [3.8, 4) is 5.75 Å². The first kappa shape index (κ1) is 25.2. The van der Waals surface area contributed by atoms with Crippen LogP contribution >= 0.6 is 11.6 Å². The van der Waals surface area contributed by atoms with Crippen molar-refractivity contribution >= 4 is 23.3 Å². The predicted octanol–water partition coefficient (Wildman–Crippen LogP) is 6.42. The van der Waals surface area contributed by atoms with Gasteiger partial charge in [0, 0.05) is 17.8 Å². The number of carbonyl (C=O) groups is 1. The second-order valence-electron chi connectivity index (χ2n) is 7.82. The number of nitrogens with one attached hydrogen (secondary N) is 1. The van der Waals surface area contributed by atoms with Crippen molar-refractivity contribution in [1.82, 2.24) is 9.78 Å². The summed E-state index contributed by atoms with van der Waals surface area (Å²) < 4.78 is 74.6. The molecule has 0 fully saturated rings. The van der Waals surface area contributed by atoms with Gasteiger partial charge in [-0.25, -0.2) is 22.0 Å². The van der Waals surface area contributed by atoms with Crippen LogP contribution in [0.2, 0.25) is 5.02 Å². The average Bonchev–Trinajstić information content (AvgIpc) is 3.31. The molecule has 1 amide bonds. The summed E-state index contributed by atoms with van der Waals surface area (Å²) in [5.74, 6) is -10.2. The number of nitrogens with zero attached hydrogens (tertiary/aromatic N) is 2. The van der Waals surface area contributed by atoms with Crippen LogP contribution in [-0.4, -0.2) is 15.7 Å². The number of ether oxygens (including phenoxy) is 1. The normalized spacial score (nSPS) is 11.0. The predicted molar refractivity (Wildman–Crippen MR) is 122 cm³/mol. The maximum atomic E-state index is 13.9. The fourth-order valence-electron chi connectivity index (χ4n) is 3.34. The van der Waals surface area contributed by atoms with E-state index in [1.807, 2.05) is 13.0 Å². The third-order valence-corrected chi connectivity index (χ3v) is 5.49. The summed E-state index contributed by atoms with van der Waals surface area (Å²) in [5, 5.41) is 6.89. The van der Waals surface area contributed by atoms with Crippen molar-refractivity contribution in [2.75, 3.05) is 5.32 Å². The van der Waals surface area contributed by atoms with Crippen molar-refractivity contribution in [3.05, 3.63) is 111 Å². The highest BCUT2D eigenvalue weighted by Gasteiger charge is 2.26. The summed E-state index contributed by atoms with van der Waals surface area (Å²) >= 11 is 6.13. The molecule has 0 saturated carbocycles. The molecule has 1 aromatic heterocycles. The van der Waals surface area contributed by atoms with Gasteiger partial charge < -0.3 is 10.1 Å². The van der Waals surface area contributed by atoms with Crippen LogP contribution in [0, 0.1) is 36.0 Å². The molecule has 0 saturated heterocycles. The maximum absolute atomic E-state index is 13.9. The minimum Gasteiger partial charge on any atom is -0.487 e. The van der Waals surface area contributed by atoms with E-state index in [1.165, 1.54) is 12.3 Å². The monoisotopic (exact) mass is 521 g/mol. The van der Waals surface area contributed by atoms with Gasteiger partial charge in [0.2, 0.25) is 5.82 Å². The summed E-state index contributed by atoms with van der Waals surface area (Å²) in [6.45, 7) is 1.32. The number of rotatable bonds is 7. The van der Waals surface area contributed by atoms with Crippen molar-refractivity contribution in [1.29, 1.82) is 0 Å². The minimum absolute atomic E-state index is 0.0112.